The number of nitrogens with zero attached hydrogens (tertiary/aromatic N) is 3. The maximum absolute atomic E-state index is 13.7. The maximum Gasteiger partial charge on any atom is 0.255 e. The highest BCUT2D eigenvalue weighted by Gasteiger charge is 2.35. The molecule has 1 aromatic heterocycles. The summed E-state index contributed by atoms with van der Waals surface area (Å²) in [5, 5.41) is 10.9. The number of nitrogens with one attached hydrogen (secondary N) is 2. The number of rotatable bonds is 6. The molecule has 36 heavy (non-hydrogen) atoms. The van der Waals surface area contributed by atoms with E-state index in [1.165, 1.54) is 12.1 Å². The summed E-state index contributed by atoms with van der Waals surface area (Å²) < 4.78 is 26.0. The molecular formula is C27H24FN5O3. The van der Waals surface area contributed by atoms with Gasteiger partial charge in [0.05, 0.1) is 25.5 Å². The Kier molecular flexibility index (Phi) is 6.12. The van der Waals surface area contributed by atoms with E-state index in [1.54, 1.807) is 43.2 Å². The van der Waals surface area contributed by atoms with Crippen molar-refractivity contribution in [3.63, 3.8) is 0 Å². The number of ether oxygens (including phenoxy) is 2. The molecule has 2 N–H and O–H groups in total. The maximum atomic E-state index is 13.7. The molecule has 0 saturated carbocycles. The molecule has 0 bridgehead atoms. The SMILES string of the molecule is COc1cccc(C2C(C(=O)Nc3ccccc3OC)=C(C)Nc3nc(-c4ccc(F)cc4)nn32)c1. The Balaban J connectivity index is 1.61. The van der Waals surface area contributed by atoms with Crippen molar-refractivity contribution in [2.24, 2.45) is 0 Å². The molecule has 182 valence electrons. The third-order valence-corrected chi connectivity index (χ3v) is 5.96. The topological polar surface area (TPSA) is 90.3 Å². The Bertz CT molecular complexity index is 1460. The molecule has 0 radical (unpaired) electrons. The highest BCUT2D eigenvalue weighted by Crippen LogP contribution is 2.38. The molecule has 4 aromatic rings. The van der Waals surface area contributed by atoms with E-state index in [0.29, 0.717) is 45.8 Å². The minimum Gasteiger partial charge on any atom is -0.497 e. The van der Waals surface area contributed by atoms with Gasteiger partial charge in [0.2, 0.25) is 5.95 Å². The van der Waals surface area contributed by atoms with Gasteiger partial charge in [-0.3, -0.25) is 4.79 Å². The minimum atomic E-state index is -0.604. The number of aromatic nitrogens is 3. The first-order valence-electron chi connectivity index (χ1n) is 11.3. The van der Waals surface area contributed by atoms with Crippen molar-refractivity contribution in [2.45, 2.75) is 13.0 Å². The van der Waals surface area contributed by atoms with Crippen LogP contribution in [0, 0.1) is 5.82 Å². The summed E-state index contributed by atoms with van der Waals surface area (Å²) in [6.07, 6.45) is 0. The Morgan fingerprint density at radius 1 is 1.03 bits per heavy atom. The molecule has 0 saturated heterocycles. The summed E-state index contributed by atoms with van der Waals surface area (Å²) in [6, 6.07) is 20.0. The Hall–Kier alpha value is -4.66. The van der Waals surface area contributed by atoms with Gasteiger partial charge >= 0.3 is 0 Å². The van der Waals surface area contributed by atoms with Crippen LogP contribution in [0.25, 0.3) is 11.4 Å². The molecule has 1 unspecified atom stereocenters. The number of carbonyl (C=O) groups is 1. The van der Waals surface area contributed by atoms with Gasteiger partial charge in [0.1, 0.15) is 23.4 Å². The van der Waals surface area contributed by atoms with E-state index in [0.717, 1.165) is 5.56 Å². The third kappa shape index (κ3) is 4.26. The van der Waals surface area contributed by atoms with Gasteiger partial charge in [0.15, 0.2) is 5.82 Å². The van der Waals surface area contributed by atoms with Gasteiger partial charge in [-0.2, -0.15) is 4.98 Å². The van der Waals surface area contributed by atoms with Crippen LogP contribution < -0.4 is 20.1 Å². The largest absolute Gasteiger partial charge is 0.497 e. The van der Waals surface area contributed by atoms with Crippen LogP contribution in [-0.2, 0) is 4.79 Å². The number of para-hydroxylation sites is 2. The monoisotopic (exact) mass is 485 g/mol. The molecule has 1 aliphatic rings. The molecule has 5 rings (SSSR count). The molecule has 8 nitrogen and oxygen atoms in total. The summed E-state index contributed by atoms with van der Waals surface area (Å²) >= 11 is 0. The van der Waals surface area contributed by atoms with Crippen LogP contribution in [0.1, 0.15) is 18.5 Å². The second-order valence-corrected chi connectivity index (χ2v) is 8.21. The van der Waals surface area contributed by atoms with Crippen LogP contribution in [0.5, 0.6) is 11.5 Å². The summed E-state index contributed by atoms with van der Waals surface area (Å²) in [6.45, 7) is 1.82. The molecular weight excluding hydrogens is 461 g/mol. The smallest absolute Gasteiger partial charge is 0.255 e. The first-order valence-corrected chi connectivity index (χ1v) is 11.3. The van der Waals surface area contributed by atoms with Gasteiger partial charge in [0, 0.05) is 11.3 Å². The third-order valence-electron chi connectivity index (χ3n) is 5.96. The molecule has 1 atom stereocenters. The number of carbonyl (C=O) groups excluding carboxylic acids is 1. The summed E-state index contributed by atoms with van der Waals surface area (Å²) in [5.74, 6) is 1.40. The summed E-state index contributed by atoms with van der Waals surface area (Å²) in [5.41, 5.74) is 3.07. The number of benzene rings is 3. The molecule has 2 heterocycles. The Labute approximate surface area is 207 Å². The van der Waals surface area contributed by atoms with Crippen LogP contribution in [0.3, 0.4) is 0 Å². The van der Waals surface area contributed by atoms with Crippen molar-refractivity contribution < 1.29 is 18.7 Å². The fourth-order valence-electron chi connectivity index (χ4n) is 4.22. The molecule has 9 heteroatoms. The van der Waals surface area contributed by atoms with E-state index in [4.69, 9.17) is 14.6 Å². The van der Waals surface area contributed by atoms with Crippen molar-refractivity contribution in [2.75, 3.05) is 24.9 Å². The Morgan fingerprint density at radius 3 is 2.56 bits per heavy atom. The fourth-order valence-corrected chi connectivity index (χ4v) is 4.22. The van der Waals surface area contributed by atoms with Crippen molar-refractivity contribution in [1.29, 1.82) is 0 Å². The van der Waals surface area contributed by atoms with Crippen molar-refractivity contribution in [1.82, 2.24) is 14.8 Å². The van der Waals surface area contributed by atoms with Gasteiger partial charge in [-0.15, -0.1) is 5.10 Å². The lowest BCUT2D eigenvalue weighted by molar-refractivity contribution is -0.113. The molecule has 1 aliphatic heterocycles. The molecule has 0 fully saturated rings. The lowest BCUT2D eigenvalue weighted by Crippen LogP contribution is -2.31. The predicted molar refractivity (Wildman–Crippen MR) is 134 cm³/mol. The second-order valence-electron chi connectivity index (χ2n) is 8.21. The van der Waals surface area contributed by atoms with Crippen LogP contribution in [0.4, 0.5) is 16.0 Å². The molecule has 0 aliphatic carbocycles. The number of anilines is 2. The van der Waals surface area contributed by atoms with E-state index in [1.807, 2.05) is 43.3 Å². The van der Waals surface area contributed by atoms with Crippen molar-refractivity contribution in [3.05, 3.63) is 95.4 Å². The Morgan fingerprint density at radius 2 is 1.81 bits per heavy atom. The number of fused-ring (bicyclic) bond motifs is 1. The van der Waals surface area contributed by atoms with Gasteiger partial charge in [0.25, 0.3) is 5.91 Å². The van der Waals surface area contributed by atoms with E-state index in [-0.39, 0.29) is 11.7 Å². The highest BCUT2D eigenvalue weighted by molar-refractivity contribution is 6.06. The van der Waals surface area contributed by atoms with E-state index in [9.17, 15) is 9.18 Å². The number of halogens is 1. The number of hydrogen-bond acceptors (Lipinski definition) is 6. The first-order chi connectivity index (χ1) is 17.5. The van der Waals surface area contributed by atoms with Crippen molar-refractivity contribution >= 4 is 17.5 Å². The first kappa shape index (κ1) is 23.1. The quantitative estimate of drug-likeness (QED) is 0.398. The zero-order chi connectivity index (χ0) is 25.2. The van der Waals surface area contributed by atoms with Crippen LogP contribution in [-0.4, -0.2) is 34.9 Å². The van der Waals surface area contributed by atoms with Crippen LogP contribution in [0.2, 0.25) is 0 Å². The summed E-state index contributed by atoms with van der Waals surface area (Å²) in [4.78, 5) is 18.3. The molecule has 3 aromatic carbocycles. The van der Waals surface area contributed by atoms with E-state index < -0.39 is 6.04 Å². The molecule has 0 spiro atoms. The van der Waals surface area contributed by atoms with Gasteiger partial charge < -0.3 is 20.1 Å². The fraction of sp³-hybridized carbons (Fsp3) is 0.148. The van der Waals surface area contributed by atoms with E-state index >= 15 is 0 Å². The summed E-state index contributed by atoms with van der Waals surface area (Å²) in [7, 11) is 3.14. The van der Waals surface area contributed by atoms with E-state index in [2.05, 4.69) is 15.6 Å². The number of methoxy groups -OCH3 is 2. The van der Waals surface area contributed by atoms with Crippen molar-refractivity contribution in [3.8, 4) is 22.9 Å². The van der Waals surface area contributed by atoms with Crippen LogP contribution >= 0.6 is 0 Å². The predicted octanol–water partition coefficient (Wildman–Crippen LogP) is 5.03. The normalized spacial score (nSPS) is 14.6. The zero-order valence-electron chi connectivity index (χ0n) is 19.9. The van der Waals surface area contributed by atoms with Gasteiger partial charge in [-0.25, -0.2) is 9.07 Å². The zero-order valence-corrected chi connectivity index (χ0v) is 19.9. The standard InChI is InChI=1S/C27H24FN5O3/c1-16-23(26(34)30-21-9-4-5-10-22(21)36-3)24(18-7-6-8-20(15-18)35-2)33-27(29-16)31-25(32-33)17-11-13-19(28)14-12-17/h4-15,24H,1-3H3,(H,30,34)(H,29,31,32). The second kappa shape index (κ2) is 9.53. The van der Waals surface area contributed by atoms with Gasteiger partial charge in [-0.1, -0.05) is 24.3 Å². The average molecular weight is 486 g/mol. The average Bonchev–Trinajstić information content (AvgIpc) is 3.32. The molecule has 1 amide bonds. The number of amides is 1. The minimum absolute atomic E-state index is 0.318. The number of hydrogen-bond donors (Lipinski definition) is 2. The van der Waals surface area contributed by atoms with Crippen LogP contribution in [0.15, 0.2) is 84.1 Å². The highest BCUT2D eigenvalue weighted by atomic mass is 19.1. The number of allylic oxidation sites excluding steroid dienone is 1. The lowest BCUT2D eigenvalue weighted by Gasteiger charge is -2.29. The lowest BCUT2D eigenvalue weighted by atomic mass is 9.95. The van der Waals surface area contributed by atoms with Gasteiger partial charge in [-0.05, 0) is 61.0 Å².